The van der Waals surface area contributed by atoms with E-state index in [0.717, 1.165) is 19.6 Å². The third kappa shape index (κ3) is 4.03. The summed E-state index contributed by atoms with van der Waals surface area (Å²) in [5.41, 5.74) is 7.07. The lowest BCUT2D eigenvalue weighted by molar-refractivity contribution is 0.144. The van der Waals surface area contributed by atoms with Gasteiger partial charge in [-0.25, -0.2) is 0 Å². The molecule has 1 aromatic rings. The predicted molar refractivity (Wildman–Crippen MR) is 81.0 cm³/mol. The summed E-state index contributed by atoms with van der Waals surface area (Å²) >= 11 is 0. The van der Waals surface area contributed by atoms with Crippen LogP contribution in [0.15, 0.2) is 30.3 Å². The zero-order valence-corrected chi connectivity index (χ0v) is 12.3. The summed E-state index contributed by atoms with van der Waals surface area (Å²) in [5.74, 6) is 0. The largest absolute Gasteiger partial charge is 0.329 e. The van der Waals surface area contributed by atoms with Gasteiger partial charge in [0.1, 0.15) is 0 Å². The third-order valence-electron chi connectivity index (χ3n) is 4.03. The molecule has 2 N–H and O–H groups in total. The first-order valence-electron chi connectivity index (χ1n) is 7.42. The lowest BCUT2D eigenvalue weighted by Gasteiger charge is -2.32. The van der Waals surface area contributed by atoms with Gasteiger partial charge >= 0.3 is 0 Å². The highest BCUT2D eigenvalue weighted by Gasteiger charge is 2.28. The molecule has 19 heavy (non-hydrogen) atoms. The van der Waals surface area contributed by atoms with Crippen LogP contribution in [0.25, 0.3) is 0 Å². The maximum absolute atomic E-state index is 5.66. The standard InChI is InChI=1S/C16H27N3/c1-14(2)19(12-15-6-4-3-5-7-15)16-8-10-18(13-16)11-9-17/h3-7,14,16H,8-13,17H2,1-2H3. The fourth-order valence-corrected chi connectivity index (χ4v) is 3.00. The van der Waals surface area contributed by atoms with Crippen LogP contribution in [0.2, 0.25) is 0 Å². The van der Waals surface area contributed by atoms with Crippen molar-refractivity contribution in [3.8, 4) is 0 Å². The minimum Gasteiger partial charge on any atom is -0.329 e. The molecule has 1 fully saturated rings. The molecule has 0 spiro atoms. The molecule has 1 heterocycles. The Bertz CT molecular complexity index is 364. The zero-order valence-electron chi connectivity index (χ0n) is 12.3. The van der Waals surface area contributed by atoms with Gasteiger partial charge in [0.2, 0.25) is 0 Å². The van der Waals surface area contributed by atoms with E-state index in [2.05, 4.69) is 54.0 Å². The van der Waals surface area contributed by atoms with Gasteiger partial charge in [-0.15, -0.1) is 0 Å². The molecule has 1 atom stereocenters. The molecule has 0 radical (unpaired) electrons. The van der Waals surface area contributed by atoms with Gasteiger partial charge < -0.3 is 10.6 Å². The summed E-state index contributed by atoms with van der Waals surface area (Å²) in [5, 5.41) is 0. The second-order valence-corrected chi connectivity index (χ2v) is 5.78. The van der Waals surface area contributed by atoms with E-state index in [1.54, 1.807) is 0 Å². The Balaban J connectivity index is 1.97. The van der Waals surface area contributed by atoms with Crippen molar-refractivity contribution in [1.82, 2.24) is 9.80 Å². The van der Waals surface area contributed by atoms with Crippen LogP contribution in [0, 0.1) is 0 Å². The van der Waals surface area contributed by atoms with Crippen molar-refractivity contribution in [1.29, 1.82) is 0 Å². The van der Waals surface area contributed by atoms with Crippen LogP contribution in [0.4, 0.5) is 0 Å². The molecule has 1 aromatic carbocycles. The Kier molecular flexibility index (Phi) is 5.37. The van der Waals surface area contributed by atoms with Crippen LogP contribution in [0.5, 0.6) is 0 Å². The minimum absolute atomic E-state index is 0.586. The number of nitrogens with two attached hydrogens (primary N) is 1. The molecule has 3 nitrogen and oxygen atoms in total. The molecule has 106 valence electrons. The molecule has 0 aliphatic carbocycles. The van der Waals surface area contributed by atoms with Gasteiger partial charge in [-0.05, 0) is 32.4 Å². The number of likely N-dealkylation sites (tertiary alicyclic amines) is 1. The van der Waals surface area contributed by atoms with Crippen LogP contribution in [0.3, 0.4) is 0 Å². The Morgan fingerprint density at radius 3 is 2.68 bits per heavy atom. The summed E-state index contributed by atoms with van der Waals surface area (Å²) in [6.07, 6.45) is 1.27. The molecule has 3 heteroatoms. The van der Waals surface area contributed by atoms with Gasteiger partial charge in [-0.3, -0.25) is 4.90 Å². The highest BCUT2D eigenvalue weighted by Crippen LogP contribution is 2.20. The van der Waals surface area contributed by atoms with E-state index in [1.807, 2.05) is 0 Å². The Labute approximate surface area is 117 Å². The average Bonchev–Trinajstić information content (AvgIpc) is 2.85. The summed E-state index contributed by atoms with van der Waals surface area (Å²) in [4.78, 5) is 5.12. The number of benzene rings is 1. The quantitative estimate of drug-likeness (QED) is 0.849. The molecule has 2 rings (SSSR count). The molecule has 1 aliphatic rings. The minimum atomic E-state index is 0.586. The second kappa shape index (κ2) is 7.04. The third-order valence-corrected chi connectivity index (χ3v) is 4.03. The van der Waals surface area contributed by atoms with Gasteiger partial charge in [0.05, 0.1) is 0 Å². The van der Waals surface area contributed by atoms with E-state index in [-0.39, 0.29) is 0 Å². The molecular weight excluding hydrogens is 234 g/mol. The van der Waals surface area contributed by atoms with Gasteiger partial charge in [-0.2, -0.15) is 0 Å². The Morgan fingerprint density at radius 1 is 1.32 bits per heavy atom. The first kappa shape index (κ1) is 14.5. The fraction of sp³-hybridized carbons (Fsp3) is 0.625. The van der Waals surface area contributed by atoms with Crippen molar-refractivity contribution in [3.63, 3.8) is 0 Å². The average molecular weight is 261 g/mol. The lowest BCUT2D eigenvalue weighted by atomic mass is 10.1. The Morgan fingerprint density at radius 2 is 2.05 bits per heavy atom. The Hall–Kier alpha value is -0.900. The van der Waals surface area contributed by atoms with E-state index in [4.69, 9.17) is 5.73 Å². The van der Waals surface area contributed by atoms with Crippen molar-refractivity contribution >= 4 is 0 Å². The van der Waals surface area contributed by atoms with Crippen LogP contribution >= 0.6 is 0 Å². The molecule has 0 saturated carbocycles. The predicted octanol–water partition coefficient (Wildman–Crippen LogP) is 1.93. The van der Waals surface area contributed by atoms with Crippen LogP contribution < -0.4 is 5.73 Å². The van der Waals surface area contributed by atoms with Crippen molar-refractivity contribution in [3.05, 3.63) is 35.9 Å². The first-order valence-corrected chi connectivity index (χ1v) is 7.42. The van der Waals surface area contributed by atoms with E-state index in [9.17, 15) is 0 Å². The fourth-order valence-electron chi connectivity index (χ4n) is 3.00. The molecular formula is C16H27N3. The monoisotopic (exact) mass is 261 g/mol. The smallest absolute Gasteiger partial charge is 0.0241 e. The van der Waals surface area contributed by atoms with E-state index in [0.29, 0.717) is 12.1 Å². The van der Waals surface area contributed by atoms with Gasteiger partial charge in [-0.1, -0.05) is 30.3 Å². The number of hydrogen-bond acceptors (Lipinski definition) is 3. The normalized spacial score (nSPS) is 20.6. The molecule has 0 bridgehead atoms. The van der Waals surface area contributed by atoms with Crippen LogP contribution in [-0.2, 0) is 6.54 Å². The second-order valence-electron chi connectivity index (χ2n) is 5.78. The summed E-state index contributed by atoms with van der Waals surface area (Å²) < 4.78 is 0. The van der Waals surface area contributed by atoms with Crippen molar-refractivity contribution in [2.45, 2.75) is 38.9 Å². The van der Waals surface area contributed by atoms with Crippen LogP contribution in [0.1, 0.15) is 25.8 Å². The van der Waals surface area contributed by atoms with E-state index in [1.165, 1.54) is 25.1 Å². The molecule has 0 aromatic heterocycles. The highest BCUT2D eigenvalue weighted by atomic mass is 15.3. The van der Waals surface area contributed by atoms with Gasteiger partial charge in [0, 0.05) is 38.3 Å². The number of nitrogens with zero attached hydrogens (tertiary/aromatic N) is 2. The molecule has 1 aliphatic heterocycles. The maximum Gasteiger partial charge on any atom is 0.0241 e. The van der Waals surface area contributed by atoms with Crippen molar-refractivity contribution < 1.29 is 0 Å². The number of rotatable bonds is 6. The summed E-state index contributed by atoms with van der Waals surface area (Å²) in [7, 11) is 0. The van der Waals surface area contributed by atoms with Gasteiger partial charge in [0.25, 0.3) is 0 Å². The summed E-state index contributed by atoms with van der Waals surface area (Å²) in [6.45, 7) is 9.83. The van der Waals surface area contributed by atoms with Gasteiger partial charge in [0.15, 0.2) is 0 Å². The molecule has 1 saturated heterocycles. The maximum atomic E-state index is 5.66. The van der Waals surface area contributed by atoms with Crippen molar-refractivity contribution in [2.24, 2.45) is 5.73 Å². The summed E-state index contributed by atoms with van der Waals surface area (Å²) in [6, 6.07) is 12.0. The molecule has 1 unspecified atom stereocenters. The van der Waals surface area contributed by atoms with Crippen LogP contribution in [-0.4, -0.2) is 48.1 Å². The highest BCUT2D eigenvalue weighted by molar-refractivity contribution is 5.14. The number of hydrogen-bond donors (Lipinski definition) is 1. The zero-order chi connectivity index (χ0) is 13.7. The van der Waals surface area contributed by atoms with E-state index < -0.39 is 0 Å². The topological polar surface area (TPSA) is 32.5 Å². The van der Waals surface area contributed by atoms with E-state index >= 15 is 0 Å². The SMILES string of the molecule is CC(C)N(Cc1ccccc1)C1CCN(CCN)C1. The lowest BCUT2D eigenvalue weighted by Crippen LogP contribution is -2.42. The first-order chi connectivity index (χ1) is 9.20. The van der Waals surface area contributed by atoms with Crippen molar-refractivity contribution in [2.75, 3.05) is 26.2 Å². The molecule has 0 amide bonds.